The molecule has 0 bridgehead atoms. The van der Waals surface area contributed by atoms with E-state index in [1.165, 1.54) is 39.5 Å². The molecule has 4 aromatic heterocycles. The highest BCUT2D eigenvalue weighted by atomic mass is 32.1. The average molecular weight is 867 g/mol. The molecule has 0 spiro atoms. The summed E-state index contributed by atoms with van der Waals surface area (Å²) in [6, 6.07) is 41.1. The molecule has 0 saturated heterocycles. The zero-order chi connectivity index (χ0) is 41.4. The lowest BCUT2D eigenvalue weighted by Crippen LogP contribution is -2.55. The number of rotatable bonds is 5. The predicted octanol–water partition coefficient (Wildman–Crippen LogP) is 15.1. The third-order valence-corrected chi connectivity index (χ3v) is 16.4. The van der Waals surface area contributed by atoms with E-state index in [9.17, 15) is 0 Å². The first-order valence-electron chi connectivity index (χ1n) is 20.5. The smallest absolute Gasteiger partial charge is 0.285 e. The molecule has 0 N–H and O–H groups in total. The van der Waals surface area contributed by atoms with Crippen molar-refractivity contribution in [3.05, 3.63) is 137 Å². The van der Waals surface area contributed by atoms with Crippen molar-refractivity contribution in [2.75, 3.05) is 0 Å². The minimum absolute atomic E-state index is 0.00951. The molecule has 0 unspecified atom stereocenters. The van der Waals surface area contributed by atoms with Crippen LogP contribution in [0.25, 0.3) is 51.5 Å². The number of benzene rings is 6. The summed E-state index contributed by atoms with van der Waals surface area (Å²) in [4.78, 5) is 0. The maximum atomic E-state index is 7.02. The van der Waals surface area contributed by atoms with Crippen LogP contribution in [-0.2, 0) is 10.8 Å². The highest BCUT2D eigenvalue weighted by Crippen LogP contribution is 2.49. The lowest BCUT2D eigenvalue weighted by molar-refractivity contribution is 0.467. The van der Waals surface area contributed by atoms with Crippen molar-refractivity contribution in [3.63, 3.8) is 0 Å². The average Bonchev–Trinajstić information content (AvgIpc) is 4.03. The van der Waals surface area contributed by atoms with E-state index in [2.05, 4.69) is 155 Å². The Kier molecular flexibility index (Phi) is 8.21. The van der Waals surface area contributed by atoms with Gasteiger partial charge in [0.15, 0.2) is 0 Å². The molecular formula is C52H39BO4S4. The minimum Gasteiger partial charge on any atom is -0.457 e. The van der Waals surface area contributed by atoms with E-state index in [0.717, 1.165) is 78.4 Å². The molecule has 0 atom stereocenters. The van der Waals surface area contributed by atoms with Gasteiger partial charge < -0.3 is 18.9 Å². The third-order valence-electron chi connectivity index (χ3n) is 12.0. The van der Waals surface area contributed by atoms with Gasteiger partial charge in [-0.2, -0.15) is 0 Å². The SMILES string of the molecule is CC(C)(C)c1ccc2scc(Oc3cc(Oc4csc5ccccc45)cc(-c4cc(C(C)(C)C)cc5c6c(sc45)B4c5sc7ccccc7c5Oc5cccc(c54)O6)c3)c2c1. The van der Waals surface area contributed by atoms with Crippen LogP contribution in [0.2, 0.25) is 0 Å². The number of thiophene rings is 4. The van der Waals surface area contributed by atoms with E-state index in [1.54, 1.807) is 22.7 Å². The van der Waals surface area contributed by atoms with Crippen molar-refractivity contribution in [3.8, 4) is 57.1 Å². The molecule has 0 saturated carbocycles. The predicted molar refractivity (Wildman–Crippen MR) is 262 cm³/mol. The Morgan fingerprint density at radius 1 is 0.508 bits per heavy atom. The van der Waals surface area contributed by atoms with E-state index in [4.69, 9.17) is 18.9 Å². The first-order valence-corrected chi connectivity index (χ1v) is 23.9. The van der Waals surface area contributed by atoms with Gasteiger partial charge in [-0.05, 0) is 100 Å². The van der Waals surface area contributed by atoms with Crippen LogP contribution in [0.5, 0.6) is 46.0 Å². The Labute approximate surface area is 370 Å². The Morgan fingerprint density at radius 2 is 1.10 bits per heavy atom. The number of ether oxygens (including phenoxy) is 4. The molecule has 0 fully saturated rings. The van der Waals surface area contributed by atoms with Gasteiger partial charge in [0.2, 0.25) is 0 Å². The van der Waals surface area contributed by atoms with Gasteiger partial charge in [-0.15, -0.1) is 45.3 Å². The molecule has 4 nitrogen and oxygen atoms in total. The zero-order valence-electron chi connectivity index (χ0n) is 34.5. The summed E-state index contributed by atoms with van der Waals surface area (Å²) in [5.74, 6) is 6.72. The molecule has 9 heteroatoms. The van der Waals surface area contributed by atoms with Crippen LogP contribution in [0.15, 0.2) is 126 Å². The first kappa shape index (κ1) is 37.2. The summed E-state index contributed by atoms with van der Waals surface area (Å²) in [6.45, 7) is 13.6. The first-order chi connectivity index (χ1) is 29.4. The molecule has 0 aliphatic carbocycles. The van der Waals surface area contributed by atoms with E-state index in [0.29, 0.717) is 5.75 Å². The normalized spacial score (nSPS) is 13.3. The molecule has 12 rings (SSSR count). The Balaban J connectivity index is 1.07. The molecule has 0 radical (unpaired) electrons. The van der Waals surface area contributed by atoms with E-state index >= 15 is 0 Å². The Hall–Kier alpha value is -5.58. The Bertz CT molecular complexity index is 3430. The standard InChI is InChI=1S/C52H39BO4S4/c1-51(2,3)29-18-19-43-36(22-29)41(27-59-43)55-32-21-28(20-31(25-32)54-40-26-58-42-16-9-7-12-33(40)42)35-23-30(52(4,5)6)24-37-47-50(61-48(35)37)53-45-38(14-11-15-39(45)57-47)56-46-34-13-8-10-17-44(34)60-49(46)53/h7-27H,1-6H3. The van der Waals surface area contributed by atoms with Crippen molar-refractivity contribution in [1.82, 2.24) is 0 Å². The second-order valence-electron chi connectivity index (χ2n) is 18.1. The lowest BCUT2D eigenvalue weighted by atomic mass is 9.40. The maximum Gasteiger partial charge on any atom is 0.285 e. The van der Waals surface area contributed by atoms with Gasteiger partial charge >= 0.3 is 0 Å². The highest BCUT2D eigenvalue weighted by Gasteiger charge is 2.44. The number of fused-ring (bicyclic) bond motifs is 10. The van der Waals surface area contributed by atoms with Gasteiger partial charge in [0.1, 0.15) is 46.0 Å². The summed E-state index contributed by atoms with van der Waals surface area (Å²) in [5.41, 5.74) is 5.61. The fourth-order valence-electron chi connectivity index (χ4n) is 8.75. The number of hydrogen-bond donors (Lipinski definition) is 0. The van der Waals surface area contributed by atoms with Crippen LogP contribution in [0.4, 0.5) is 0 Å². The molecule has 6 aromatic carbocycles. The molecule has 2 aliphatic heterocycles. The molecule has 10 aromatic rings. The summed E-state index contributed by atoms with van der Waals surface area (Å²) in [5, 5.41) is 8.70. The summed E-state index contributed by atoms with van der Waals surface area (Å²) in [7, 11) is 0. The lowest BCUT2D eigenvalue weighted by Gasteiger charge is -2.29. The van der Waals surface area contributed by atoms with Crippen LogP contribution in [-0.4, -0.2) is 6.71 Å². The summed E-state index contributed by atoms with van der Waals surface area (Å²) < 4.78 is 34.8. The van der Waals surface area contributed by atoms with Crippen LogP contribution < -0.4 is 34.0 Å². The van der Waals surface area contributed by atoms with Crippen molar-refractivity contribution < 1.29 is 18.9 Å². The van der Waals surface area contributed by atoms with Gasteiger partial charge in [-0.25, -0.2) is 0 Å². The largest absolute Gasteiger partial charge is 0.457 e. The molecule has 0 amide bonds. The third kappa shape index (κ3) is 6.04. The molecule has 298 valence electrons. The molecular weight excluding hydrogens is 828 g/mol. The van der Waals surface area contributed by atoms with E-state index in [-0.39, 0.29) is 17.5 Å². The fraction of sp³-hybridized carbons (Fsp3) is 0.154. The maximum absolute atomic E-state index is 7.02. The molecule has 6 heterocycles. The van der Waals surface area contributed by atoms with Crippen molar-refractivity contribution >= 4 is 107 Å². The molecule has 61 heavy (non-hydrogen) atoms. The topological polar surface area (TPSA) is 36.9 Å². The second kappa shape index (κ2) is 13.5. The van der Waals surface area contributed by atoms with E-state index < -0.39 is 0 Å². The van der Waals surface area contributed by atoms with Gasteiger partial charge in [-0.3, -0.25) is 0 Å². The number of hydrogen-bond acceptors (Lipinski definition) is 8. The van der Waals surface area contributed by atoms with Gasteiger partial charge in [0, 0.05) is 77.8 Å². The summed E-state index contributed by atoms with van der Waals surface area (Å²) in [6.07, 6.45) is 0. The minimum atomic E-state index is -0.141. The van der Waals surface area contributed by atoms with Crippen LogP contribution in [0, 0.1) is 0 Å². The zero-order valence-corrected chi connectivity index (χ0v) is 37.7. The van der Waals surface area contributed by atoms with Crippen molar-refractivity contribution in [2.45, 2.75) is 52.4 Å². The molecule has 2 aliphatic rings. The second-order valence-corrected chi connectivity index (χ2v) is 22.1. The van der Waals surface area contributed by atoms with Crippen LogP contribution >= 0.6 is 45.3 Å². The van der Waals surface area contributed by atoms with Gasteiger partial charge in [0.05, 0.1) is 0 Å². The highest BCUT2D eigenvalue weighted by molar-refractivity contribution is 7.40. The van der Waals surface area contributed by atoms with Crippen LogP contribution in [0.1, 0.15) is 52.7 Å². The van der Waals surface area contributed by atoms with Crippen molar-refractivity contribution in [2.24, 2.45) is 0 Å². The summed E-state index contributed by atoms with van der Waals surface area (Å²) >= 11 is 7.06. The Morgan fingerprint density at radius 3 is 1.80 bits per heavy atom. The fourth-order valence-corrected chi connectivity index (χ4v) is 13.1. The van der Waals surface area contributed by atoms with Gasteiger partial charge in [0.25, 0.3) is 6.71 Å². The van der Waals surface area contributed by atoms with Gasteiger partial charge in [-0.1, -0.05) is 77.9 Å². The van der Waals surface area contributed by atoms with E-state index in [1.807, 2.05) is 34.8 Å². The quantitative estimate of drug-likeness (QED) is 0.162. The monoisotopic (exact) mass is 866 g/mol. The van der Waals surface area contributed by atoms with Crippen LogP contribution in [0.3, 0.4) is 0 Å². The van der Waals surface area contributed by atoms with Crippen molar-refractivity contribution in [1.29, 1.82) is 0 Å².